The normalized spacial score (nSPS) is 19.3. The molecule has 1 aromatic carbocycles. The molecule has 1 aliphatic carbocycles. The summed E-state index contributed by atoms with van der Waals surface area (Å²) in [6.45, 7) is 1.24. The van der Waals surface area contributed by atoms with Crippen LogP contribution in [0.25, 0.3) is 0 Å². The number of alkyl halides is 2. The van der Waals surface area contributed by atoms with Gasteiger partial charge in [-0.15, -0.1) is 0 Å². The van der Waals surface area contributed by atoms with Gasteiger partial charge in [-0.25, -0.2) is 8.42 Å². The van der Waals surface area contributed by atoms with Crippen molar-refractivity contribution in [2.24, 2.45) is 5.92 Å². The number of halogens is 2. The lowest BCUT2D eigenvalue weighted by Gasteiger charge is -2.33. The van der Waals surface area contributed by atoms with Crippen molar-refractivity contribution in [1.29, 1.82) is 0 Å². The van der Waals surface area contributed by atoms with Gasteiger partial charge in [0.25, 0.3) is 0 Å². The summed E-state index contributed by atoms with van der Waals surface area (Å²) in [5.41, 5.74) is -0.151. The van der Waals surface area contributed by atoms with Gasteiger partial charge in [-0.3, -0.25) is 14.5 Å². The molecular formula is C21H29F2N3O4S. The van der Waals surface area contributed by atoms with Crippen LogP contribution in [0.2, 0.25) is 0 Å². The Balaban J connectivity index is 1.48. The molecule has 2 aliphatic rings. The largest absolute Gasteiger partial charge is 0.353 e. The van der Waals surface area contributed by atoms with Crippen molar-refractivity contribution in [1.82, 2.24) is 10.2 Å². The molecule has 2 fully saturated rings. The van der Waals surface area contributed by atoms with E-state index in [4.69, 9.17) is 0 Å². The lowest BCUT2D eigenvalue weighted by molar-refractivity contribution is -0.127. The molecule has 7 nitrogen and oxygen atoms in total. The topological polar surface area (TPSA) is 95.6 Å². The van der Waals surface area contributed by atoms with Crippen molar-refractivity contribution in [2.45, 2.75) is 61.6 Å². The number of amides is 2. The molecule has 10 heteroatoms. The molecule has 1 aliphatic heterocycles. The average molecular weight is 458 g/mol. The third-order valence-electron chi connectivity index (χ3n) is 5.98. The van der Waals surface area contributed by atoms with Crippen LogP contribution in [0, 0.1) is 5.92 Å². The van der Waals surface area contributed by atoms with Gasteiger partial charge in [0.2, 0.25) is 21.7 Å². The molecule has 31 heavy (non-hydrogen) atoms. The fraction of sp³-hybridized carbons (Fsp3) is 0.619. The minimum atomic E-state index is -4.82. The van der Waals surface area contributed by atoms with Crippen LogP contribution < -0.4 is 10.6 Å². The first-order valence-electron chi connectivity index (χ1n) is 10.7. The zero-order chi connectivity index (χ0) is 22.4. The van der Waals surface area contributed by atoms with E-state index in [1.807, 2.05) is 4.90 Å². The van der Waals surface area contributed by atoms with Crippen molar-refractivity contribution in [2.75, 3.05) is 25.0 Å². The fourth-order valence-electron chi connectivity index (χ4n) is 4.23. The third-order valence-corrected chi connectivity index (χ3v) is 7.42. The number of rotatable bonds is 7. The summed E-state index contributed by atoms with van der Waals surface area (Å²) < 4.78 is 49.4. The van der Waals surface area contributed by atoms with E-state index in [2.05, 4.69) is 10.6 Å². The fourth-order valence-corrected chi connectivity index (χ4v) is 5.11. The molecule has 1 saturated carbocycles. The second-order valence-electron chi connectivity index (χ2n) is 8.24. The Bertz CT molecular complexity index is 880. The molecule has 0 radical (unpaired) electrons. The molecule has 2 N–H and O–H groups in total. The highest BCUT2D eigenvalue weighted by molar-refractivity contribution is 7.91. The summed E-state index contributed by atoms with van der Waals surface area (Å²) >= 11 is 0. The van der Waals surface area contributed by atoms with Gasteiger partial charge in [0, 0.05) is 25.0 Å². The van der Waals surface area contributed by atoms with Gasteiger partial charge in [-0.1, -0.05) is 31.4 Å². The van der Waals surface area contributed by atoms with Crippen LogP contribution in [0.5, 0.6) is 0 Å². The second kappa shape index (κ2) is 10.5. The number of piperidine rings is 1. The Hall–Kier alpha value is -2.07. The number of benzene rings is 1. The Morgan fingerprint density at radius 3 is 2.32 bits per heavy atom. The molecule has 1 saturated heterocycles. The van der Waals surface area contributed by atoms with Gasteiger partial charge >= 0.3 is 5.76 Å². The first-order chi connectivity index (χ1) is 14.8. The molecule has 0 bridgehead atoms. The SMILES string of the molecule is O=C(CN1CCC(NC(=O)C2CCCCC2)CC1)Nc1ccccc1S(=O)(=O)C(F)F. The maximum absolute atomic E-state index is 12.9. The minimum absolute atomic E-state index is 0.0202. The number of likely N-dealkylation sites (tertiary alicyclic amines) is 1. The quantitative estimate of drug-likeness (QED) is 0.657. The molecule has 0 spiro atoms. The molecule has 0 unspecified atom stereocenters. The van der Waals surface area contributed by atoms with Gasteiger partial charge < -0.3 is 10.6 Å². The molecule has 1 aromatic rings. The summed E-state index contributed by atoms with van der Waals surface area (Å²) in [7, 11) is -4.82. The van der Waals surface area contributed by atoms with Gasteiger partial charge in [0.05, 0.1) is 17.1 Å². The van der Waals surface area contributed by atoms with Crippen LogP contribution in [0.1, 0.15) is 44.9 Å². The molecule has 2 amide bonds. The minimum Gasteiger partial charge on any atom is -0.353 e. The predicted molar refractivity (Wildman–Crippen MR) is 112 cm³/mol. The van der Waals surface area contributed by atoms with E-state index in [9.17, 15) is 26.8 Å². The Kier molecular flexibility index (Phi) is 7.99. The Morgan fingerprint density at radius 1 is 1.03 bits per heavy atom. The van der Waals surface area contributed by atoms with Crippen molar-refractivity contribution >= 4 is 27.3 Å². The summed E-state index contributed by atoms with van der Waals surface area (Å²) in [4.78, 5) is 26.1. The van der Waals surface area contributed by atoms with E-state index in [1.54, 1.807) is 0 Å². The zero-order valence-corrected chi connectivity index (χ0v) is 18.2. The van der Waals surface area contributed by atoms with Gasteiger partial charge in [-0.05, 0) is 37.8 Å². The highest BCUT2D eigenvalue weighted by Gasteiger charge is 2.30. The Morgan fingerprint density at radius 2 is 1.68 bits per heavy atom. The lowest BCUT2D eigenvalue weighted by atomic mass is 9.88. The van der Waals surface area contributed by atoms with Crippen LogP contribution in [-0.4, -0.2) is 56.6 Å². The number of para-hydroxylation sites is 1. The predicted octanol–water partition coefficient (Wildman–Crippen LogP) is 2.78. The van der Waals surface area contributed by atoms with Crippen LogP contribution in [-0.2, 0) is 19.4 Å². The summed E-state index contributed by atoms with van der Waals surface area (Å²) in [5, 5.41) is 5.58. The van der Waals surface area contributed by atoms with Gasteiger partial charge in [0.15, 0.2) is 0 Å². The third kappa shape index (κ3) is 6.22. The van der Waals surface area contributed by atoms with Crippen LogP contribution >= 0.6 is 0 Å². The first kappa shape index (κ1) is 23.6. The standard InChI is InChI=1S/C21H29F2N3O4S/c22-21(23)31(29,30)18-9-5-4-8-17(18)25-19(27)14-26-12-10-16(11-13-26)24-20(28)15-6-2-1-3-7-15/h4-5,8-9,15-16,21H,1-3,6-7,10-14H2,(H,24,28)(H,25,27). The van der Waals surface area contributed by atoms with E-state index in [-0.39, 0.29) is 30.1 Å². The van der Waals surface area contributed by atoms with E-state index < -0.39 is 26.4 Å². The second-order valence-corrected chi connectivity index (χ2v) is 10.1. The number of carbonyl (C=O) groups excluding carboxylic acids is 2. The molecular weight excluding hydrogens is 428 g/mol. The van der Waals surface area contributed by atoms with Crippen LogP contribution in [0.3, 0.4) is 0 Å². The molecule has 3 rings (SSSR count). The molecule has 0 atom stereocenters. The number of nitrogens with one attached hydrogen (secondary N) is 2. The Labute approximate surface area is 181 Å². The average Bonchev–Trinajstić information content (AvgIpc) is 2.76. The lowest BCUT2D eigenvalue weighted by Crippen LogP contribution is -2.48. The number of sulfone groups is 1. The zero-order valence-electron chi connectivity index (χ0n) is 17.4. The smallest absolute Gasteiger partial charge is 0.341 e. The van der Waals surface area contributed by atoms with E-state index in [1.165, 1.54) is 24.6 Å². The number of hydrogen-bond acceptors (Lipinski definition) is 5. The van der Waals surface area contributed by atoms with Crippen molar-refractivity contribution < 1.29 is 26.8 Å². The number of nitrogens with zero attached hydrogens (tertiary/aromatic N) is 1. The molecule has 0 aromatic heterocycles. The summed E-state index contributed by atoms with van der Waals surface area (Å²) in [6, 6.07) is 5.24. The summed E-state index contributed by atoms with van der Waals surface area (Å²) in [5.74, 6) is -3.79. The van der Waals surface area contributed by atoms with Crippen LogP contribution in [0.15, 0.2) is 29.2 Å². The number of anilines is 1. The highest BCUT2D eigenvalue weighted by Crippen LogP contribution is 2.26. The molecule has 172 valence electrons. The maximum atomic E-state index is 12.9. The summed E-state index contributed by atoms with van der Waals surface area (Å²) in [6.07, 6.45) is 6.76. The van der Waals surface area contributed by atoms with E-state index in [0.29, 0.717) is 13.1 Å². The van der Waals surface area contributed by atoms with Crippen molar-refractivity contribution in [3.8, 4) is 0 Å². The monoisotopic (exact) mass is 457 g/mol. The van der Waals surface area contributed by atoms with Crippen LogP contribution in [0.4, 0.5) is 14.5 Å². The van der Waals surface area contributed by atoms with Gasteiger partial charge in [0.1, 0.15) is 0 Å². The van der Waals surface area contributed by atoms with Gasteiger partial charge in [-0.2, -0.15) is 8.78 Å². The number of hydrogen-bond donors (Lipinski definition) is 2. The van der Waals surface area contributed by atoms with Crippen molar-refractivity contribution in [3.63, 3.8) is 0 Å². The highest BCUT2D eigenvalue weighted by atomic mass is 32.2. The van der Waals surface area contributed by atoms with E-state index in [0.717, 1.165) is 44.6 Å². The molecule has 1 heterocycles. The van der Waals surface area contributed by atoms with Crippen molar-refractivity contribution in [3.05, 3.63) is 24.3 Å². The first-order valence-corrected chi connectivity index (χ1v) is 12.3. The van der Waals surface area contributed by atoms with E-state index >= 15 is 0 Å². The number of carbonyl (C=O) groups is 2. The maximum Gasteiger partial charge on any atom is 0.341 e.